The summed E-state index contributed by atoms with van der Waals surface area (Å²) in [6, 6.07) is 22.7. The molecule has 0 fully saturated rings. The van der Waals surface area contributed by atoms with E-state index in [1.54, 1.807) is 7.11 Å². The van der Waals surface area contributed by atoms with Gasteiger partial charge >= 0.3 is 5.97 Å². The van der Waals surface area contributed by atoms with Crippen molar-refractivity contribution in [3.05, 3.63) is 97.6 Å². The van der Waals surface area contributed by atoms with Gasteiger partial charge in [-0.2, -0.15) is 0 Å². The lowest BCUT2D eigenvalue weighted by molar-refractivity contribution is -0.137. The van der Waals surface area contributed by atoms with E-state index in [0.717, 1.165) is 35.1 Å². The minimum Gasteiger partial charge on any atom is -0.494 e. The van der Waals surface area contributed by atoms with Crippen LogP contribution in [-0.2, 0) is 19.1 Å². The molecule has 3 aromatic carbocycles. The topological polar surface area (TPSA) is 71.1 Å². The fraction of sp³-hybridized carbons (Fsp3) is 0.250. The first kappa shape index (κ1) is 30.1. The van der Waals surface area contributed by atoms with Gasteiger partial charge in [-0.3, -0.25) is 4.79 Å². The molecule has 3 rings (SSSR count). The second-order valence-electron chi connectivity index (χ2n) is 8.22. The first-order valence-electron chi connectivity index (χ1n) is 12.4. The van der Waals surface area contributed by atoms with Crippen LogP contribution in [0, 0.1) is 6.92 Å². The Kier molecular flexibility index (Phi) is 13.7. The van der Waals surface area contributed by atoms with Gasteiger partial charge < -0.3 is 18.9 Å². The quantitative estimate of drug-likeness (QED) is 0.104. The number of carbonyl (C=O) groups is 2. The molecule has 0 saturated carbocycles. The molecule has 0 aromatic heterocycles. The van der Waals surface area contributed by atoms with E-state index in [9.17, 15) is 4.79 Å². The number of benzene rings is 3. The Balaban J connectivity index is 0.00000118. The summed E-state index contributed by atoms with van der Waals surface area (Å²) in [5.41, 5.74) is 5.85. The van der Waals surface area contributed by atoms with Crippen LogP contribution in [0.1, 0.15) is 18.4 Å². The number of carbonyl (C=O) groups excluding carboxylic acids is 2. The number of hydrogen-bond donors (Lipinski definition) is 0. The number of rotatable bonds is 14. The zero-order chi connectivity index (χ0) is 27.6. The zero-order valence-electron chi connectivity index (χ0n) is 22.2. The minimum atomic E-state index is -0.412. The summed E-state index contributed by atoms with van der Waals surface area (Å²) in [4.78, 5) is 20.1. The molecule has 6 heteroatoms. The molecule has 0 amide bonds. The van der Waals surface area contributed by atoms with Crippen LogP contribution in [0.2, 0.25) is 0 Å². The lowest BCUT2D eigenvalue weighted by Gasteiger charge is -2.11. The maximum Gasteiger partial charge on any atom is 0.330 e. The molecular formula is C32H36O6. The maximum absolute atomic E-state index is 11.0. The van der Waals surface area contributed by atoms with Crippen LogP contribution >= 0.6 is 0 Å². The molecule has 0 atom stereocenters. The van der Waals surface area contributed by atoms with Crippen molar-refractivity contribution < 1.29 is 28.5 Å². The van der Waals surface area contributed by atoms with Crippen molar-refractivity contribution in [2.24, 2.45) is 0 Å². The average Bonchev–Trinajstić information content (AvgIpc) is 2.96. The molecule has 0 N–H and O–H groups in total. The smallest absolute Gasteiger partial charge is 0.330 e. The van der Waals surface area contributed by atoms with Crippen molar-refractivity contribution >= 4 is 12.3 Å². The first-order chi connectivity index (χ1) is 18.5. The lowest BCUT2D eigenvalue weighted by atomic mass is 9.96. The van der Waals surface area contributed by atoms with E-state index in [4.69, 9.17) is 23.7 Å². The summed E-state index contributed by atoms with van der Waals surface area (Å²) < 4.78 is 21.5. The number of hydrogen-bond acceptors (Lipinski definition) is 6. The largest absolute Gasteiger partial charge is 0.494 e. The second kappa shape index (κ2) is 17.3. The summed E-state index contributed by atoms with van der Waals surface area (Å²) in [7, 11) is 1.70. The molecule has 6 nitrogen and oxygen atoms in total. The third-order valence-corrected chi connectivity index (χ3v) is 5.41. The SMILES string of the molecule is C=CC(=O)OCCCOc1ccc(-c2ccc(-c3ccc(OCCCOC)cc3)cc2C)cc1.C=CC=O. The van der Waals surface area contributed by atoms with E-state index in [-0.39, 0.29) is 0 Å². The number of methoxy groups -OCH3 is 1. The molecule has 3 aromatic rings. The predicted octanol–water partition coefficient (Wildman–Crippen LogP) is 6.61. The van der Waals surface area contributed by atoms with Crippen molar-refractivity contribution in [1.29, 1.82) is 0 Å². The van der Waals surface area contributed by atoms with Gasteiger partial charge in [-0.25, -0.2) is 4.79 Å². The molecule has 0 unspecified atom stereocenters. The average molecular weight is 517 g/mol. The van der Waals surface area contributed by atoms with Gasteiger partial charge in [0.25, 0.3) is 0 Å². The third-order valence-electron chi connectivity index (χ3n) is 5.41. The Morgan fingerprint density at radius 1 is 0.763 bits per heavy atom. The van der Waals surface area contributed by atoms with Crippen molar-refractivity contribution in [3.63, 3.8) is 0 Å². The van der Waals surface area contributed by atoms with Crippen LogP contribution in [0.4, 0.5) is 0 Å². The number of ether oxygens (including phenoxy) is 4. The van der Waals surface area contributed by atoms with Crippen LogP contribution in [0.5, 0.6) is 11.5 Å². The fourth-order valence-electron chi connectivity index (χ4n) is 3.52. The summed E-state index contributed by atoms with van der Waals surface area (Å²) in [5.74, 6) is 1.25. The summed E-state index contributed by atoms with van der Waals surface area (Å²) in [5, 5.41) is 0. The summed E-state index contributed by atoms with van der Waals surface area (Å²) >= 11 is 0. The lowest BCUT2D eigenvalue weighted by Crippen LogP contribution is -2.06. The number of esters is 1. The second-order valence-corrected chi connectivity index (χ2v) is 8.22. The van der Waals surface area contributed by atoms with Crippen molar-refractivity contribution in [2.45, 2.75) is 19.8 Å². The fourth-order valence-corrected chi connectivity index (χ4v) is 3.52. The maximum atomic E-state index is 11.0. The normalized spacial score (nSPS) is 9.95. The van der Waals surface area contributed by atoms with E-state index in [0.29, 0.717) is 39.1 Å². The molecular weight excluding hydrogens is 480 g/mol. The van der Waals surface area contributed by atoms with Crippen LogP contribution in [0.15, 0.2) is 92.0 Å². The van der Waals surface area contributed by atoms with Gasteiger partial charge in [-0.15, -0.1) is 0 Å². The Morgan fingerprint density at radius 2 is 1.29 bits per heavy atom. The van der Waals surface area contributed by atoms with E-state index in [1.165, 1.54) is 22.8 Å². The molecule has 38 heavy (non-hydrogen) atoms. The van der Waals surface area contributed by atoms with E-state index >= 15 is 0 Å². The third kappa shape index (κ3) is 10.4. The van der Waals surface area contributed by atoms with Crippen LogP contribution < -0.4 is 9.47 Å². The number of aryl methyl sites for hydroxylation is 1. The number of aldehydes is 1. The highest BCUT2D eigenvalue weighted by atomic mass is 16.5. The van der Waals surface area contributed by atoms with Crippen LogP contribution in [0.3, 0.4) is 0 Å². The van der Waals surface area contributed by atoms with Crippen LogP contribution in [-0.4, -0.2) is 45.8 Å². The highest BCUT2D eigenvalue weighted by molar-refractivity contribution is 5.81. The van der Waals surface area contributed by atoms with Gasteiger partial charge in [-0.1, -0.05) is 55.6 Å². The zero-order valence-corrected chi connectivity index (χ0v) is 22.2. The Bertz CT molecular complexity index is 1140. The van der Waals surface area contributed by atoms with Crippen molar-refractivity contribution in [3.8, 4) is 33.8 Å². The predicted molar refractivity (Wildman–Crippen MR) is 152 cm³/mol. The molecule has 0 bridgehead atoms. The van der Waals surface area contributed by atoms with E-state index in [2.05, 4.69) is 62.5 Å². The minimum absolute atomic E-state index is 0.318. The molecule has 0 radical (unpaired) electrons. The summed E-state index contributed by atoms with van der Waals surface area (Å²) in [6.45, 7) is 10.8. The highest BCUT2D eigenvalue weighted by Gasteiger charge is 2.06. The van der Waals surface area contributed by atoms with Gasteiger partial charge in [0.2, 0.25) is 0 Å². The molecule has 0 aliphatic heterocycles. The van der Waals surface area contributed by atoms with Crippen molar-refractivity contribution in [2.75, 3.05) is 33.5 Å². The Hall–Kier alpha value is -4.16. The highest BCUT2D eigenvalue weighted by Crippen LogP contribution is 2.30. The number of allylic oxidation sites excluding steroid dienone is 1. The van der Waals surface area contributed by atoms with Gasteiger partial charge in [0.05, 0.1) is 19.8 Å². The van der Waals surface area contributed by atoms with E-state index < -0.39 is 5.97 Å². The standard InChI is InChI=1S/C29H32O5.C3H4O/c1-4-29(30)34-20-6-19-33-27-14-9-24(10-15-27)28-16-11-25(21-22(28)2)23-7-12-26(13-8-23)32-18-5-17-31-3;1-2-3-4/h4,7-16,21H,1,5-6,17-20H2,2-3H3;2-3H,1H2. The molecule has 200 valence electrons. The van der Waals surface area contributed by atoms with Gasteiger partial charge in [0.1, 0.15) is 17.8 Å². The Morgan fingerprint density at radius 3 is 1.79 bits per heavy atom. The Labute approximate surface area is 225 Å². The van der Waals surface area contributed by atoms with Crippen molar-refractivity contribution in [1.82, 2.24) is 0 Å². The van der Waals surface area contributed by atoms with Gasteiger partial charge in [-0.05, 0) is 65.1 Å². The van der Waals surface area contributed by atoms with Gasteiger partial charge in [0, 0.05) is 32.6 Å². The molecule has 0 saturated heterocycles. The summed E-state index contributed by atoms with van der Waals surface area (Å²) in [6.07, 6.45) is 4.49. The molecule has 0 heterocycles. The van der Waals surface area contributed by atoms with Gasteiger partial charge in [0.15, 0.2) is 0 Å². The molecule has 0 aliphatic carbocycles. The molecule has 0 spiro atoms. The molecule has 0 aliphatic rings. The monoisotopic (exact) mass is 516 g/mol. The van der Waals surface area contributed by atoms with E-state index in [1.807, 2.05) is 24.3 Å². The first-order valence-corrected chi connectivity index (χ1v) is 12.4. The van der Waals surface area contributed by atoms with Crippen LogP contribution in [0.25, 0.3) is 22.3 Å².